The number of carbonyl (C=O) groups excluding carboxylic acids is 1. The minimum Gasteiger partial charge on any atom is -0.495 e. The van der Waals surface area contributed by atoms with Crippen LogP contribution in [0.5, 0.6) is 5.75 Å². The largest absolute Gasteiger partial charge is 0.495 e. The molecule has 0 spiro atoms. The summed E-state index contributed by atoms with van der Waals surface area (Å²) >= 11 is 0. The predicted octanol–water partition coefficient (Wildman–Crippen LogP) is 2.17. The molecule has 0 radical (unpaired) electrons. The molecule has 76 valence electrons. The number of nitriles is 1. The van der Waals surface area contributed by atoms with Crippen LogP contribution in [-0.4, -0.2) is 12.9 Å². The number of benzene rings is 1. The molecule has 0 aliphatic heterocycles. The first kappa shape index (κ1) is 11.0. The maximum atomic E-state index is 10.7. The molecule has 0 aliphatic rings. The van der Waals surface area contributed by atoms with Gasteiger partial charge in [-0.05, 0) is 30.7 Å². The van der Waals surface area contributed by atoms with Crippen LogP contribution < -0.4 is 4.74 Å². The van der Waals surface area contributed by atoms with Crippen molar-refractivity contribution in [1.82, 2.24) is 0 Å². The quantitative estimate of drug-likeness (QED) is 0.704. The normalized spacial score (nSPS) is 9.93. The molecule has 3 heteroatoms. The smallest absolute Gasteiger partial charge is 0.152 e. The van der Waals surface area contributed by atoms with Gasteiger partial charge in [0, 0.05) is 0 Å². The Bertz CT molecular complexity index is 441. The zero-order valence-corrected chi connectivity index (χ0v) is 8.65. The number of hydrogen-bond donors (Lipinski definition) is 0. The van der Waals surface area contributed by atoms with Crippen LogP contribution in [0.2, 0.25) is 0 Å². The number of ether oxygens (including phenoxy) is 1. The Labute approximate surface area is 88.6 Å². The lowest BCUT2D eigenvalue weighted by atomic mass is 10.1. The third-order valence-corrected chi connectivity index (χ3v) is 1.85. The van der Waals surface area contributed by atoms with Crippen molar-refractivity contribution in [3.63, 3.8) is 0 Å². The van der Waals surface area contributed by atoms with Crippen molar-refractivity contribution in [2.75, 3.05) is 7.11 Å². The second-order valence-corrected chi connectivity index (χ2v) is 3.02. The Morgan fingerprint density at radius 2 is 2.27 bits per heavy atom. The number of carbonyl (C=O) groups is 1. The topological polar surface area (TPSA) is 50.1 Å². The summed E-state index contributed by atoms with van der Waals surface area (Å²) in [5.41, 5.74) is 1.27. The van der Waals surface area contributed by atoms with Gasteiger partial charge < -0.3 is 4.74 Å². The van der Waals surface area contributed by atoms with E-state index in [4.69, 9.17) is 10.00 Å². The molecule has 1 aromatic carbocycles. The van der Waals surface area contributed by atoms with E-state index in [1.165, 1.54) is 20.1 Å². The molecular weight excluding hydrogens is 190 g/mol. The van der Waals surface area contributed by atoms with Crippen LogP contribution in [0.1, 0.15) is 18.1 Å². The van der Waals surface area contributed by atoms with Gasteiger partial charge in [0.05, 0.1) is 12.7 Å². The third kappa shape index (κ3) is 2.96. The van der Waals surface area contributed by atoms with Gasteiger partial charge in [0.25, 0.3) is 0 Å². The van der Waals surface area contributed by atoms with E-state index < -0.39 is 0 Å². The van der Waals surface area contributed by atoms with Crippen molar-refractivity contribution < 1.29 is 9.53 Å². The van der Waals surface area contributed by atoms with E-state index in [2.05, 4.69) is 0 Å². The van der Waals surface area contributed by atoms with Crippen LogP contribution in [0, 0.1) is 11.3 Å². The van der Waals surface area contributed by atoms with Gasteiger partial charge in [0.1, 0.15) is 11.8 Å². The van der Waals surface area contributed by atoms with Crippen molar-refractivity contribution in [2.24, 2.45) is 0 Å². The molecule has 1 rings (SSSR count). The van der Waals surface area contributed by atoms with Gasteiger partial charge in [-0.3, -0.25) is 4.79 Å². The summed E-state index contributed by atoms with van der Waals surface area (Å²) in [5, 5.41) is 8.83. The molecule has 0 N–H and O–H groups in total. The Hall–Kier alpha value is -2.08. The van der Waals surface area contributed by atoms with E-state index >= 15 is 0 Å². The molecule has 0 heterocycles. The maximum absolute atomic E-state index is 10.7. The highest BCUT2D eigenvalue weighted by molar-refractivity contribution is 5.91. The lowest BCUT2D eigenvalue weighted by molar-refractivity contribution is -0.112. The fourth-order valence-corrected chi connectivity index (χ4v) is 1.13. The van der Waals surface area contributed by atoms with Crippen LogP contribution in [0.4, 0.5) is 0 Å². The Kier molecular flexibility index (Phi) is 3.64. The number of ketones is 1. The number of allylic oxidation sites excluding steroid dienone is 1. The summed E-state index contributed by atoms with van der Waals surface area (Å²) in [6, 6.07) is 7.21. The van der Waals surface area contributed by atoms with Crippen molar-refractivity contribution in [3.05, 3.63) is 35.4 Å². The molecule has 0 saturated heterocycles. The van der Waals surface area contributed by atoms with Gasteiger partial charge in [0.15, 0.2) is 5.78 Å². The average molecular weight is 201 g/mol. The molecule has 0 bridgehead atoms. The minimum absolute atomic E-state index is 0.0238. The lowest BCUT2D eigenvalue weighted by Gasteiger charge is -2.02. The van der Waals surface area contributed by atoms with Crippen molar-refractivity contribution in [1.29, 1.82) is 5.26 Å². The lowest BCUT2D eigenvalue weighted by Crippen LogP contribution is -1.88. The van der Waals surface area contributed by atoms with Gasteiger partial charge in [-0.2, -0.15) is 5.26 Å². The first-order valence-electron chi connectivity index (χ1n) is 4.44. The van der Waals surface area contributed by atoms with Crippen LogP contribution >= 0.6 is 0 Å². The molecular formula is C12H11NO2. The number of nitrogens with zero attached hydrogens (tertiary/aromatic N) is 1. The average Bonchev–Trinajstić information content (AvgIpc) is 2.25. The Morgan fingerprint density at radius 1 is 1.53 bits per heavy atom. The van der Waals surface area contributed by atoms with E-state index in [9.17, 15) is 4.79 Å². The van der Waals surface area contributed by atoms with Crippen LogP contribution in [0.15, 0.2) is 24.3 Å². The number of rotatable bonds is 3. The van der Waals surface area contributed by atoms with E-state index in [0.717, 1.165) is 5.56 Å². The molecule has 0 aliphatic carbocycles. The minimum atomic E-state index is -0.0238. The summed E-state index contributed by atoms with van der Waals surface area (Å²) in [5.74, 6) is 0.516. The highest BCUT2D eigenvalue weighted by Crippen LogP contribution is 2.19. The zero-order valence-electron chi connectivity index (χ0n) is 8.65. The summed E-state index contributed by atoms with van der Waals surface area (Å²) in [6.45, 7) is 1.48. The fourth-order valence-electron chi connectivity index (χ4n) is 1.13. The van der Waals surface area contributed by atoms with Gasteiger partial charge in [0.2, 0.25) is 0 Å². The molecule has 15 heavy (non-hydrogen) atoms. The monoisotopic (exact) mass is 201 g/mol. The van der Waals surface area contributed by atoms with E-state index in [1.54, 1.807) is 24.3 Å². The molecule has 3 nitrogen and oxygen atoms in total. The molecule has 1 aromatic rings. The maximum Gasteiger partial charge on any atom is 0.152 e. The van der Waals surface area contributed by atoms with E-state index in [1.807, 2.05) is 6.07 Å². The number of methoxy groups -OCH3 is 1. The standard InChI is InChI=1S/C12H11NO2/c1-9(14)3-4-10-5-6-12(15-2)11(7-10)8-13/h3-7H,1-2H3/b4-3+. The third-order valence-electron chi connectivity index (χ3n) is 1.85. The first-order chi connectivity index (χ1) is 7.17. The van der Waals surface area contributed by atoms with Crippen molar-refractivity contribution >= 4 is 11.9 Å². The molecule has 0 aromatic heterocycles. The van der Waals surface area contributed by atoms with Crippen LogP contribution in [-0.2, 0) is 4.79 Å². The predicted molar refractivity (Wildman–Crippen MR) is 57.4 cm³/mol. The summed E-state index contributed by atoms with van der Waals surface area (Å²) in [4.78, 5) is 10.7. The fraction of sp³-hybridized carbons (Fsp3) is 0.167. The van der Waals surface area contributed by atoms with Gasteiger partial charge in [-0.15, -0.1) is 0 Å². The zero-order chi connectivity index (χ0) is 11.3. The molecule has 0 atom stereocenters. The van der Waals surface area contributed by atoms with Gasteiger partial charge >= 0.3 is 0 Å². The molecule has 0 fully saturated rings. The second kappa shape index (κ2) is 4.97. The van der Waals surface area contributed by atoms with Crippen LogP contribution in [0.25, 0.3) is 6.08 Å². The highest BCUT2D eigenvalue weighted by Gasteiger charge is 2.01. The van der Waals surface area contributed by atoms with Gasteiger partial charge in [-0.25, -0.2) is 0 Å². The highest BCUT2D eigenvalue weighted by atomic mass is 16.5. The van der Waals surface area contributed by atoms with E-state index in [-0.39, 0.29) is 5.78 Å². The van der Waals surface area contributed by atoms with Gasteiger partial charge in [-0.1, -0.05) is 12.1 Å². The van der Waals surface area contributed by atoms with E-state index in [0.29, 0.717) is 11.3 Å². The second-order valence-electron chi connectivity index (χ2n) is 3.02. The Balaban J connectivity index is 3.04. The SMILES string of the molecule is COc1ccc(/C=C/C(C)=O)cc1C#N. The first-order valence-corrected chi connectivity index (χ1v) is 4.44. The molecule has 0 unspecified atom stereocenters. The molecule has 0 amide bonds. The van der Waals surface area contributed by atoms with Crippen LogP contribution in [0.3, 0.4) is 0 Å². The van der Waals surface area contributed by atoms with Crippen molar-refractivity contribution in [3.8, 4) is 11.8 Å². The van der Waals surface area contributed by atoms with Crippen molar-refractivity contribution in [2.45, 2.75) is 6.92 Å². The number of hydrogen-bond acceptors (Lipinski definition) is 3. The summed E-state index contributed by atoms with van der Waals surface area (Å²) in [6.07, 6.45) is 3.13. The summed E-state index contributed by atoms with van der Waals surface area (Å²) in [7, 11) is 1.52. The Morgan fingerprint density at radius 3 is 2.80 bits per heavy atom. The molecule has 0 saturated carbocycles. The summed E-state index contributed by atoms with van der Waals surface area (Å²) < 4.78 is 5.00.